The smallest absolute Gasteiger partial charge is 0.0620 e. The summed E-state index contributed by atoms with van der Waals surface area (Å²) in [6, 6.07) is 0.676. The summed E-state index contributed by atoms with van der Waals surface area (Å²) in [5, 5.41) is 4.21. The predicted octanol–water partition coefficient (Wildman–Crippen LogP) is 0.141. The molecule has 1 aromatic rings. The number of nitrogens with two attached hydrogens (primary N) is 1. The Morgan fingerprint density at radius 3 is 3.06 bits per heavy atom. The molecule has 1 fully saturated rings. The van der Waals surface area contributed by atoms with Gasteiger partial charge in [-0.3, -0.25) is 9.58 Å². The van der Waals surface area contributed by atoms with Gasteiger partial charge in [0.25, 0.3) is 0 Å². The Morgan fingerprint density at radius 1 is 1.69 bits per heavy atom. The van der Waals surface area contributed by atoms with E-state index in [1.807, 2.05) is 24.1 Å². The summed E-state index contributed by atoms with van der Waals surface area (Å²) < 4.78 is 7.27. The van der Waals surface area contributed by atoms with Crippen molar-refractivity contribution in [1.29, 1.82) is 0 Å². The first kappa shape index (κ1) is 11.6. The maximum absolute atomic E-state index is 5.89. The molecule has 0 spiro atoms. The normalized spacial score (nSPS) is 24.6. The van der Waals surface area contributed by atoms with Gasteiger partial charge in [-0.25, -0.2) is 0 Å². The lowest BCUT2D eigenvalue weighted by Gasteiger charge is -2.38. The van der Waals surface area contributed by atoms with Crippen molar-refractivity contribution < 1.29 is 4.74 Å². The van der Waals surface area contributed by atoms with Crippen molar-refractivity contribution in [2.24, 2.45) is 12.8 Å². The van der Waals surface area contributed by atoms with Gasteiger partial charge in [0.15, 0.2) is 0 Å². The lowest BCUT2D eigenvalue weighted by molar-refractivity contribution is -0.0209. The zero-order chi connectivity index (χ0) is 11.5. The zero-order valence-electron chi connectivity index (χ0n) is 9.97. The van der Waals surface area contributed by atoms with Crippen molar-refractivity contribution >= 4 is 0 Å². The summed E-state index contributed by atoms with van der Waals surface area (Å²) in [6.45, 7) is 5.32. The Balaban J connectivity index is 2.14. The number of morpholine rings is 1. The molecule has 0 bridgehead atoms. The first-order valence-electron chi connectivity index (χ1n) is 5.74. The highest BCUT2D eigenvalue weighted by Gasteiger charge is 2.27. The fourth-order valence-corrected chi connectivity index (χ4v) is 2.28. The molecule has 90 valence electrons. The van der Waals surface area contributed by atoms with E-state index in [9.17, 15) is 0 Å². The second kappa shape index (κ2) is 4.95. The molecule has 2 unspecified atom stereocenters. The van der Waals surface area contributed by atoms with Crippen LogP contribution < -0.4 is 5.73 Å². The number of aromatic nitrogens is 2. The molecule has 1 aromatic heterocycles. The van der Waals surface area contributed by atoms with E-state index in [-0.39, 0.29) is 6.04 Å². The quantitative estimate of drug-likeness (QED) is 0.793. The van der Waals surface area contributed by atoms with Crippen LogP contribution in [0.1, 0.15) is 18.5 Å². The van der Waals surface area contributed by atoms with Crippen LogP contribution in [0.25, 0.3) is 0 Å². The van der Waals surface area contributed by atoms with Crippen LogP contribution in [0.3, 0.4) is 0 Å². The molecule has 0 saturated carbocycles. The van der Waals surface area contributed by atoms with Gasteiger partial charge in [-0.05, 0) is 6.92 Å². The van der Waals surface area contributed by atoms with Crippen LogP contribution in [0, 0.1) is 0 Å². The van der Waals surface area contributed by atoms with Gasteiger partial charge >= 0.3 is 0 Å². The second-order valence-corrected chi connectivity index (χ2v) is 4.36. The van der Waals surface area contributed by atoms with Crippen LogP contribution in [0.15, 0.2) is 12.4 Å². The summed E-state index contributed by atoms with van der Waals surface area (Å²) >= 11 is 0. The molecule has 1 aliphatic heterocycles. The average molecular weight is 224 g/mol. The molecular weight excluding hydrogens is 204 g/mol. The van der Waals surface area contributed by atoms with Gasteiger partial charge in [0.1, 0.15) is 0 Å². The molecule has 1 saturated heterocycles. The minimum absolute atomic E-state index is 0.257. The van der Waals surface area contributed by atoms with Crippen molar-refractivity contribution in [2.45, 2.75) is 19.0 Å². The van der Waals surface area contributed by atoms with Gasteiger partial charge in [-0.2, -0.15) is 5.10 Å². The van der Waals surface area contributed by atoms with E-state index in [4.69, 9.17) is 10.5 Å². The van der Waals surface area contributed by atoms with Crippen LogP contribution in [0.2, 0.25) is 0 Å². The number of hydrogen-bond acceptors (Lipinski definition) is 4. The molecule has 5 heteroatoms. The second-order valence-electron chi connectivity index (χ2n) is 4.36. The Bertz CT molecular complexity index is 338. The Labute approximate surface area is 96.2 Å². The van der Waals surface area contributed by atoms with E-state index < -0.39 is 0 Å². The largest absolute Gasteiger partial charge is 0.379 e. The van der Waals surface area contributed by atoms with Crippen molar-refractivity contribution in [2.75, 3.05) is 26.3 Å². The molecular formula is C11H20N4O. The number of aryl methyl sites for hydroxylation is 1. The van der Waals surface area contributed by atoms with Gasteiger partial charge in [0.2, 0.25) is 0 Å². The average Bonchev–Trinajstić information content (AvgIpc) is 2.69. The van der Waals surface area contributed by atoms with Gasteiger partial charge in [-0.15, -0.1) is 0 Å². The molecule has 2 rings (SSSR count). The third-order valence-electron chi connectivity index (χ3n) is 3.15. The maximum Gasteiger partial charge on any atom is 0.0620 e. The topological polar surface area (TPSA) is 56.3 Å². The summed E-state index contributed by atoms with van der Waals surface area (Å²) in [5.41, 5.74) is 7.08. The van der Waals surface area contributed by atoms with Crippen LogP contribution >= 0.6 is 0 Å². The summed E-state index contributed by atoms with van der Waals surface area (Å²) in [6.07, 6.45) is 3.94. The molecule has 0 amide bonds. The van der Waals surface area contributed by atoms with Crippen molar-refractivity contribution in [1.82, 2.24) is 14.7 Å². The zero-order valence-corrected chi connectivity index (χ0v) is 9.97. The van der Waals surface area contributed by atoms with Crippen LogP contribution in [-0.4, -0.2) is 47.0 Å². The first-order valence-corrected chi connectivity index (χ1v) is 5.74. The monoisotopic (exact) mass is 224 g/mol. The highest BCUT2D eigenvalue weighted by molar-refractivity contribution is 5.11. The maximum atomic E-state index is 5.89. The summed E-state index contributed by atoms with van der Waals surface area (Å²) in [7, 11) is 1.93. The first-order chi connectivity index (χ1) is 7.72. The van der Waals surface area contributed by atoms with Crippen molar-refractivity contribution in [3.63, 3.8) is 0 Å². The van der Waals surface area contributed by atoms with Gasteiger partial charge in [0, 0.05) is 37.9 Å². The Hall–Kier alpha value is -0.910. The molecule has 0 aromatic carbocycles. The van der Waals surface area contributed by atoms with Crippen LogP contribution in [0.4, 0.5) is 0 Å². The van der Waals surface area contributed by atoms with E-state index in [1.54, 1.807) is 0 Å². The number of ether oxygens (including phenoxy) is 1. The molecule has 2 atom stereocenters. The fraction of sp³-hybridized carbons (Fsp3) is 0.727. The van der Waals surface area contributed by atoms with Crippen LogP contribution in [-0.2, 0) is 11.8 Å². The van der Waals surface area contributed by atoms with Crippen LogP contribution in [0.5, 0.6) is 0 Å². The molecule has 1 aliphatic rings. The summed E-state index contributed by atoms with van der Waals surface area (Å²) in [4.78, 5) is 2.40. The lowest BCUT2D eigenvalue weighted by Crippen LogP contribution is -2.47. The van der Waals surface area contributed by atoms with Gasteiger partial charge in [0.05, 0.1) is 25.5 Å². The standard InChI is InChI=1S/C11H20N4O/c1-9-8-16-4-3-15(9)11(5-12)10-6-13-14(2)7-10/h6-7,9,11H,3-5,8,12H2,1-2H3. The molecule has 16 heavy (non-hydrogen) atoms. The van der Waals surface area contributed by atoms with Crippen molar-refractivity contribution in [3.05, 3.63) is 18.0 Å². The van der Waals surface area contributed by atoms with E-state index in [0.29, 0.717) is 12.6 Å². The number of hydrogen-bond donors (Lipinski definition) is 1. The van der Waals surface area contributed by atoms with E-state index >= 15 is 0 Å². The third-order valence-corrected chi connectivity index (χ3v) is 3.15. The minimum atomic E-state index is 0.257. The SMILES string of the molecule is CC1COCCN1C(CN)c1cnn(C)c1. The lowest BCUT2D eigenvalue weighted by atomic mass is 10.1. The summed E-state index contributed by atoms with van der Waals surface area (Å²) in [5.74, 6) is 0. The Morgan fingerprint density at radius 2 is 2.50 bits per heavy atom. The number of nitrogens with zero attached hydrogens (tertiary/aromatic N) is 3. The minimum Gasteiger partial charge on any atom is -0.379 e. The van der Waals surface area contributed by atoms with E-state index in [2.05, 4.69) is 16.9 Å². The third kappa shape index (κ3) is 2.26. The number of rotatable bonds is 3. The Kier molecular flexibility index (Phi) is 3.58. The molecule has 2 N–H and O–H groups in total. The highest BCUT2D eigenvalue weighted by atomic mass is 16.5. The van der Waals surface area contributed by atoms with E-state index in [1.165, 1.54) is 5.56 Å². The van der Waals surface area contributed by atoms with Gasteiger partial charge < -0.3 is 10.5 Å². The highest BCUT2D eigenvalue weighted by Crippen LogP contribution is 2.23. The fourth-order valence-electron chi connectivity index (χ4n) is 2.28. The molecule has 0 radical (unpaired) electrons. The predicted molar refractivity (Wildman–Crippen MR) is 62.0 cm³/mol. The molecule has 2 heterocycles. The molecule has 0 aliphatic carbocycles. The van der Waals surface area contributed by atoms with Crippen molar-refractivity contribution in [3.8, 4) is 0 Å². The van der Waals surface area contributed by atoms with E-state index in [0.717, 1.165) is 19.8 Å². The van der Waals surface area contributed by atoms with Gasteiger partial charge in [-0.1, -0.05) is 0 Å². The molecule has 5 nitrogen and oxygen atoms in total.